The molecule has 0 atom stereocenters. The van der Waals surface area contributed by atoms with Crippen LogP contribution in [0, 0.1) is 0 Å². The molecule has 1 N–H and O–H groups in total. The van der Waals surface area contributed by atoms with E-state index in [0.29, 0.717) is 5.92 Å². The highest BCUT2D eigenvalue weighted by molar-refractivity contribution is 5.04. The Labute approximate surface area is 63.2 Å². The molecule has 1 aromatic rings. The van der Waals surface area contributed by atoms with Gasteiger partial charge >= 0.3 is 0 Å². The van der Waals surface area contributed by atoms with Crippen molar-refractivity contribution < 1.29 is 1.43 Å². The summed E-state index contributed by atoms with van der Waals surface area (Å²) in [5, 5.41) is 0. The fraction of sp³-hybridized carbons (Fsp3) is 0.625. The molecule has 0 aromatic carbocycles. The first-order valence-corrected chi connectivity index (χ1v) is 3.77. The molecule has 0 aliphatic rings. The van der Waals surface area contributed by atoms with Crippen LogP contribution < -0.4 is 0 Å². The number of imidazole rings is 1. The molecule has 58 valence electrons. The first-order chi connectivity index (χ1) is 4.74. The van der Waals surface area contributed by atoms with Gasteiger partial charge in [0.05, 0.1) is 0 Å². The topological polar surface area (TPSA) is 28.7 Å². The predicted molar refractivity (Wildman–Crippen MR) is 44.2 cm³/mol. The van der Waals surface area contributed by atoms with Crippen molar-refractivity contribution >= 4 is 0 Å². The van der Waals surface area contributed by atoms with Crippen LogP contribution in [-0.2, 0) is 6.42 Å². The first kappa shape index (κ1) is 7.32. The largest absolute Gasteiger partial charge is 0.346 e. The highest BCUT2D eigenvalue weighted by Crippen LogP contribution is 2.10. The molecule has 10 heavy (non-hydrogen) atoms. The van der Waals surface area contributed by atoms with Crippen molar-refractivity contribution in [1.82, 2.24) is 9.97 Å². The summed E-state index contributed by atoms with van der Waals surface area (Å²) >= 11 is 0. The zero-order valence-electron chi connectivity index (χ0n) is 6.81. The number of rotatable bonds is 2. The third-order valence-electron chi connectivity index (χ3n) is 1.60. The fourth-order valence-electron chi connectivity index (χ4n) is 0.852. The Bertz CT molecular complexity index is 206. The lowest BCUT2D eigenvalue weighted by molar-refractivity contribution is 0.823. The maximum Gasteiger partial charge on any atom is 0.105 e. The van der Waals surface area contributed by atoms with Gasteiger partial charge in [-0.3, -0.25) is 0 Å². The van der Waals surface area contributed by atoms with Crippen LogP contribution in [0.5, 0.6) is 0 Å². The number of hydrogen-bond donors (Lipinski definition) is 1. The van der Waals surface area contributed by atoms with Crippen molar-refractivity contribution in [2.75, 3.05) is 0 Å². The first-order valence-electron chi connectivity index (χ1n) is 3.77. The van der Waals surface area contributed by atoms with E-state index in [1.54, 1.807) is 0 Å². The summed E-state index contributed by atoms with van der Waals surface area (Å²) in [6.07, 6.45) is 2.91. The zero-order valence-corrected chi connectivity index (χ0v) is 6.81. The minimum Gasteiger partial charge on any atom is -0.346 e. The maximum absolute atomic E-state index is 4.20. The Kier molecular flexibility index (Phi) is 2.10. The van der Waals surface area contributed by atoms with Gasteiger partial charge in [-0.25, -0.2) is 4.98 Å². The van der Waals surface area contributed by atoms with Crippen LogP contribution in [0.3, 0.4) is 0 Å². The van der Waals surface area contributed by atoms with Crippen LogP contribution in [0.2, 0.25) is 0 Å². The average Bonchev–Trinajstić information content (AvgIpc) is 2.34. The molecule has 1 aromatic heterocycles. The van der Waals surface area contributed by atoms with E-state index in [1.165, 1.54) is 5.69 Å². The van der Waals surface area contributed by atoms with Crippen LogP contribution >= 0.6 is 0 Å². The lowest BCUT2D eigenvalue weighted by Crippen LogP contribution is -1.87. The van der Waals surface area contributed by atoms with Crippen molar-refractivity contribution in [2.45, 2.75) is 33.1 Å². The van der Waals surface area contributed by atoms with Gasteiger partial charge in [-0.05, 0) is 5.92 Å². The monoisotopic (exact) mass is 140 g/mol. The third-order valence-corrected chi connectivity index (χ3v) is 1.60. The van der Waals surface area contributed by atoms with E-state index in [2.05, 4.69) is 30.7 Å². The molecule has 1 rings (SSSR count). The van der Waals surface area contributed by atoms with Gasteiger partial charge in [0.2, 0.25) is 0 Å². The molecular weight excluding hydrogens is 124 g/mol. The fourth-order valence-corrected chi connectivity index (χ4v) is 0.852. The molecule has 2 nitrogen and oxygen atoms in total. The van der Waals surface area contributed by atoms with E-state index < -0.39 is 0 Å². The van der Waals surface area contributed by atoms with Crippen molar-refractivity contribution in [1.29, 1.82) is 0 Å². The third kappa shape index (κ3) is 1.38. The minimum absolute atomic E-state index is 0. The molecule has 0 spiro atoms. The Morgan fingerprint density at radius 1 is 1.70 bits per heavy atom. The molecule has 0 fully saturated rings. The Morgan fingerprint density at radius 3 is 2.70 bits per heavy atom. The minimum atomic E-state index is 0. The predicted octanol–water partition coefficient (Wildman–Crippen LogP) is 2.34. The highest BCUT2D eigenvalue weighted by atomic mass is 14.9. The molecule has 0 aliphatic heterocycles. The summed E-state index contributed by atoms with van der Waals surface area (Å²) in [7, 11) is 0. The smallest absolute Gasteiger partial charge is 0.105 e. The molecular formula is C8H16N2. The SMILES string of the molecule is CCc1ncc(C(C)C)[nH]1.[HH]. The van der Waals surface area contributed by atoms with Crippen LogP contribution in [0.25, 0.3) is 0 Å². The molecule has 0 bridgehead atoms. The lowest BCUT2D eigenvalue weighted by atomic mass is 10.2. The standard InChI is InChI=1S/C8H14N2.H2/c1-4-8-9-5-7(10-8)6(2)3;/h5-6H,4H2,1-3H3,(H,9,10);1H. The Hall–Kier alpha value is -0.790. The van der Waals surface area contributed by atoms with Crippen LogP contribution in [0.15, 0.2) is 6.20 Å². The van der Waals surface area contributed by atoms with E-state index in [9.17, 15) is 0 Å². The molecule has 0 amide bonds. The summed E-state index contributed by atoms with van der Waals surface area (Å²) in [6, 6.07) is 0. The molecule has 0 saturated carbocycles. The van der Waals surface area contributed by atoms with Crippen molar-refractivity contribution in [3.63, 3.8) is 0 Å². The molecule has 0 radical (unpaired) electrons. The van der Waals surface area contributed by atoms with E-state index in [1.807, 2.05) is 6.20 Å². The van der Waals surface area contributed by atoms with E-state index in [-0.39, 0.29) is 1.43 Å². The lowest BCUT2D eigenvalue weighted by Gasteiger charge is -1.97. The summed E-state index contributed by atoms with van der Waals surface area (Å²) in [4.78, 5) is 7.45. The summed E-state index contributed by atoms with van der Waals surface area (Å²) in [6.45, 7) is 6.42. The second kappa shape index (κ2) is 2.86. The maximum atomic E-state index is 4.20. The summed E-state index contributed by atoms with van der Waals surface area (Å²) in [5.74, 6) is 1.65. The second-order valence-corrected chi connectivity index (χ2v) is 2.79. The van der Waals surface area contributed by atoms with Crippen LogP contribution in [-0.4, -0.2) is 9.97 Å². The quantitative estimate of drug-likeness (QED) is 0.671. The van der Waals surface area contributed by atoms with Crippen LogP contribution in [0.4, 0.5) is 0 Å². The summed E-state index contributed by atoms with van der Waals surface area (Å²) in [5.41, 5.74) is 1.23. The zero-order chi connectivity index (χ0) is 7.56. The van der Waals surface area contributed by atoms with Gasteiger partial charge in [0.1, 0.15) is 5.82 Å². The number of H-pyrrole nitrogens is 1. The second-order valence-electron chi connectivity index (χ2n) is 2.79. The van der Waals surface area contributed by atoms with E-state index in [4.69, 9.17) is 0 Å². The van der Waals surface area contributed by atoms with Crippen molar-refractivity contribution in [3.8, 4) is 0 Å². The van der Waals surface area contributed by atoms with Crippen molar-refractivity contribution in [2.24, 2.45) is 0 Å². The molecule has 0 unspecified atom stereocenters. The van der Waals surface area contributed by atoms with Gasteiger partial charge in [0, 0.05) is 19.7 Å². The number of hydrogen-bond acceptors (Lipinski definition) is 1. The molecule has 1 heterocycles. The Balaban J connectivity index is 0.000001000. The van der Waals surface area contributed by atoms with E-state index >= 15 is 0 Å². The van der Waals surface area contributed by atoms with E-state index in [0.717, 1.165) is 12.2 Å². The van der Waals surface area contributed by atoms with Crippen LogP contribution in [0.1, 0.15) is 39.6 Å². The number of nitrogens with one attached hydrogen (secondary N) is 1. The Morgan fingerprint density at radius 2 is 2.40 bits per heavy atom. The van der Waals surface area contributed by atoms with Gasteiger partial charge in [-0.15, -0.1) is 0 Å². The van der Waals surface area contributed by atoms with Crippen molar-refractivity contribution in [3.05, 3.63) is 17.7 Å². The molecule has 0 aliphatic carbocycles. The van der Waals surface area contributed by atoms with Gasteiger partial charge in [-0.1, -0.05) is 20.8 Å². The van der Waals surface area contributed by atoms with Gasteiger partial charge in [0.15, 0.2) is 0 Å². The molecule has 0 saturated heterocycles. The highest BCUT2D eigenvalue weighted by Gasteiger charge is 2.01. The van der Waals surface area contributed by atoms with Gasteiger partial charge < -0.3 is 4.98 Å². The number of aryl methyl sites for hydroxylation is 1. The normalized spacial score (nSPS) is 10.8. The molecule has 2 heteroatoms. The van der Waals surface area contributed by atoms with Gasteiger partial charge in [0.25, 0.3) is 0 Å². The van der Waals surface area contributed by atoms with Gasteiger partial charge in [-0.2, -0.15) is 0 Å². The number of aromatic amines is 1. The number of aromatic nitrogens is 2. The number of nitrogens with zero attached hydrogens (tertiary/aromatic N) is 1. The average molecular weight is 140 g/mol. The summed E-state index contributed by atoms with van der Waals surface area (Å²) < 4.78 is 0.